The molecule has 0 unspecified atom stereocenters. The number of carbonyl (C=O) groups is 1. The molecule has 0 atom stereocenters. The lowest BCUT2D eigenvalue weighted by Gasteiger charge is -2.11. The Balaban J connectivity index is 1.56. The fourth-order valence-electron chi connectivity index (χ4n) is 3.06. The highest BCUT2D eigenvalue weighted by atomic mass is 35.5. The van der Waals surface area contributed by atoms with Crippen molar-refractivity contribution in [2.24, 2.45) is 0 Å². The van der Waals surface area contributed by atoms with E-state index >= 15 is 0 Å². The molecular formula is C23H19ClN4O3. The van der Waals surface area contributed by atoms with Crippen molar-refractivity contribution in [1.82, 2.24) is 14.7 Å². The summed E-state index contributed by atoms with van der Waals surface area (Å²) in [5.41, 5.74) is 3.08. The van der Waals surface area contributed by atoms with E-state index < -0.39 is 5.56 Å². The molecule has 2 aromatic heterocycles. The van der Waals surface area contributed by atoms with Crippen molar-refractivity contribution in [3.63, 3.8) is 0 Å². The Kier molecular flexibility index (Phi) is 5.68. The largest absolute Gasteiger partial charge is 0.333 e. The number of benzene rings is 2. The molecule has 1 amide bonds. The molecule has 4 rings (SSSR count). The van der Waals surface area contributed by atoms with Gasteiger partial charge >= 0.3 is 0 Å². The maximum atomic E-state index is 12.9. The molecule has 0 saturated heterocycles. The molecule has 8 heteroatoms. The molecular weight excluding hydrogens is 416 g/mol. The van der Waals surface area contributed by atoms with Crippen LogP contribution in [0.3, 0.4) is 0 Å². The van der Waals surface area contributed by atoms with E-state index in [0.717, 1.165) is 16.7 Å². The Bertz CT molecular complexity index is 1310. The molecule has 4 aromatic rings. The Morgan fingerprint density at radius 3 is 2.65 bits per heavy atom. The van der Waals surface area contributed by atoms with E-state index in [4.69, 9.17) is 16.1 Å². The van der Waals surface area contributed by atoms with Gasteiger partial charge in [-0.25, -0.2) is 0 Å². The van der Waals surface area contributed by atoms with Gasteiger partial charge in [0.05, 0.1) is 0 Å². The van der Waals surface area contributed by atoms with Crippen molar-refractivity contribution in [1.29, 1.82) is 0 Å². The Labute approximate surface area is 183 Å². The van der Waals surface area contributed by atoms with Crippen LogP contribution in [0.1, 0.15) is 11.1 Å². The summed E-state index contributed by atoms with van der Waals surface area (Å²) < 4.78 is 6.60. The maximum absolute atomic E-state index is 12.9. The summed E-state index contributed by atoms with van der Waals surface area (Å²) in [4.78, 5) is 29.7. The topological polar surface area (TPSA) is 90.0 Å². The molecule has 0 aliphatic heterocycles. The number of halogens is 1. The zero-order chi connectivity index (χ0) is 22.0. The molecule has 0 fully saturated rings. The van der Waals surface area contributed by atoms with E-state index in [9.17, 15) is 9.59 Å². The number of rotatable bonds is 5. The maximum Gasteiger partial charge on any atom is 0.263 e. The van der Waals surface area contributed by atoms with Crippen molar-refractivity contribution in [3.8, 4) is 22.8 Å². The molecule has 31 heavy (non-hydrogen) atoms. The van der Waals surface area contributed by atoms with Crippen molar-refractivity contribution < 1.29 is 9.32 Å². The van der Waals surface area contributed by atoms with Crippen molar-refractivity contribution >= 4 is 23.2 Å². The summed E-state index contributed by atoms with van der Waals surface area (Å²) in [7, 11) is 0. The molecule has 0 saturated carbocycles. The molecule has 0 aliphatic rings. The van der Waals surface area contributed by atoms with E-state index in [1.54, 1.807) is 30.3 Å². The van der Waals surface area contributed by atoms with Crippen LogP contribution in [0.15, 0.2) is 70.1 Å². The van der Waals surface area contributed by atoms with E-state index in [1.807, 2.05) is 38.1 Å². The molecule has 0 radical (unpaired) electrons. The van der Waals surface area contributed by atoms with Crippen LogP contribution in [0.5, 0.6) is 0 Å². The number of amides is 1. The Morgan fingerprint density at radius 1 is 1.10 bits per heavy atom. The second kappa shape index (κ2) is 8.57. The van der Waals surface area contributed by atoms with Crippen molar-refractivity contribution in [3.05, 3.63) is 87.3 Å². The van der Waals surface area contributed by atoms with E-state index in [0.29, 0.717) is 16.5 Å². The van der Waals surface area contributed by atoms with Crippen LogP contribution >= 0.6 is 11.6 Å². The molecule has 156 valence electrons. The third-order valence-electron chi connectivity index (χ3n) is 4.84. The summed E-state index contributed by atoms with van der Waals surface area (Å²) in [6.07, 6.45) is 1.54. The smallest absolute Gasteiger partial charge is 0.263 e. The molecule has 0 bridgehead atoms. The van der Waals surface area contributed by atoms with Gasteiger partial charge in [0.1, 0.15) is 12.1 Å². The summed E-state index contributed by atoms with van der Waals surface area (Å²) in [6, 6.07) is 16.2. The number of nitrogens with one attached hydrogen (secondary N) is 1. The number of nitrogens with zero attached hydrogens (tertiary/aromatic N) is 3. The molecule has 0 spiro atoms. The first-order chi connectivity index (χ1) is 14.9. The lowest BCUT2D eigenvalue weighted by molar-refractivity contribution is -0.116. The predicted octanol–water partition coefficient (Wildman–Crippen LogP) is 4.47. The monoisotopic (exact) mass is 434 g/mol. The second-order valence-corrected chi connectivity index (χ2v) is 7.51. The van der Waals surface area contributed by atoms with Crippen LogP contribution in [0.2, 0.25) is 5.02 Å². The summed E-state index contributed by atoms with van der Waals surface area (Å²) in [6.45, 7) is 3.63. The van der Waals surface area contributed by atoms with Gasteiger partial charge in [0.15, 0.2) is 0 Å². The number of aromatic nitrogens is 3. The Hall–Kier alpha value is -3.71. The van der Waals surface area contributed by atoms with Crippen LogP contribution in [0.4, 0.5) is 5.69 Å². The van der Waals surface area contributed by atoms with Gasteiger partial charge in [-0.2, -0.15) is 4.98 Å². The number of pyridine rings is 1. The predicted molar refractivity (Wildman–Crippen MR) is 119 cm³/mol. The fourth-order valence-corrected chi connectivity index (χ4v) is 3.24. The third-order valence-corrected chi connectivity index (χ3v) is 5.25. The number of carbonyl (C=O) groups excluding carboxylic acids is 1. The average molecular weight is 435 g/mol. The minimum Gasteiger partial charge on any atom is -0.333 e. The van der Waals surface area contributed by atoms with Crippen LogP contribution in [0.25, 0.3) is 22.8 Å². The minimum absolute atomic E-state index is 0.0982. The van der Waals surface area contributed by atoms with Crippen molar-refractivity contribution in [2.75, 3.05) is 5.32 Å². The van der Waals surface area contributed by atoms with Gasteiger partial charge in [0.2, 0.25) is 11.7 Å². The van der Waals surface area contributed by atoms with Gasteiger partial charge in [0, 0.05) is 22.5 Å². The molecule has 1 N–H and O–H groups in total. The quantitative estimate of drug-likeness (QED) is 0.500. The number of hydrogen-bond acceptors (Lipinski definition) is 5. The standard InChI is InChI=1S/C23H19ClN4O3/c1-14-8-10-16(11-9-14)21-26-22(31-27-21)17-5-4-12-28(23(17)30)13-20(29)25-19-7-3-6-18(24)15(19)2/h3-12H,13H2,1-2H3,(H,25,29). The van der Waals surface area contributed by atoms with Crippen LogP contribution in [0, 0.1) is 13.8 Å². The molecule has 7 nitrogen and oxygen atoms in total. The Morgan fingerprint density at radius 2 is 1.87 bits per heavy atom. The lowest BCUT2D eigenvalue weighted by atomic mass is 10.1. The van der Waals surface area contributed by atoms with Gasteiger partial charge in [0.25, 0.3) is 11.4 Å². The highest BCUT2D eigenvalue weighted by Gasteiger charge is 2.16. The lowest BCUT2D eigenvalue weighted by Crippen LogP contribution is -2.28. The average Bonchev–Trinajstić information content (AvgIpc) is 3.23. The van der Waals surface area contributed by atoms with Gasteiger partial charge < -0.3 is 14.4 Å². The van der Waals surface area contributed by atoms with Gasteiger partial charge in [-0.15, -0.1) is 0 Å². The zero-order valence-corrected chi connectivity index (χ0v) is 17.7. The molecule has 2 aromatic carbocycles. The first kappa shape index (κ1) is 20.6. The van der Waals surface area contributed by atoms with Gasteiger partial charge in [-0.3, -0.25) is 9.59 Å². The minimum atomic E-state index is -0.403. The summed E-state index contributed by atoms with van der Waals surface area (Å²) in [5, 5.41) is 7.31. The van der Waals surface area contributed by atoms with Gasteiger partial charge in [-0.1, -0.05) is 52.7 Å². The van der Waals surface area contributed by atoms with E-state index in [-0.39, 0.29) is 23.9 Å². The van der Waals surface area contributed by atoms with Gasteiger partial charge in [-0.05, 0) is 43.7 Å². The van der Waals surface area contributed by atoms with Crippen LogP contribution in [-0.2, 0) is 11.3 Å². The summed E-state index contributed by atoms with van der Waals surface area (Å²) in [5.74, 6) is 0.135. The van der Waals surface area contributed by atoms with Crippen molar-refractivity contribution in [2.45, 2.75) is 20.4 Å². The highest BCUT2D eigenvalue weighted by molar-refractivity contribution is 6.31. The molecule has 2 heterocycles. The van der Waals surface area contributed by atoms with Crippen LogP contribution < -0.4 is 10.9 Å². The SMILES string of the molecule is Cc1ccc(-c2noc(-c3cccn(CC(=O)Nc4cccc(Cl)c4C)c3=O)n2)cc1. The van der Waals surface area contributed by atoms with E-state index in [2.05, 4.69) is 15.5 Å². The number of aryl methyl sites for hydroxylation is 1. The highest BCUT2D eigenvalue weighted by Crippen LogP contribution is 2.23. The third kappa shape index (κ3) is 4.41. The van der Waals surface area contributed by atoms with E-state index in [1.165, 1.54) is 10.8 Å². The van der Waals surface area contributed by atoms with Crippen LogP contribution in [-0.4, -0.2) is 20.6 Å². The number of hydrogen-bond donors (Lipinski definition) is 1. The first-order valence-electron chi connectivity index (χ1n) is 9.58. The normalized spacial score (nSPS) is 10.8. The first-order valence-corrected chi connectivity index (χ1v) is 9.96. The zero-order valence-electron chi connectivity index (χ0n) is 16.9. The number of anilines is 1. The molecule has 0 aliphatic carbocycles. The summed E-state index contributed by atoms with van der Waals surface area (Å²) >= 11 is 6.10. The second-order valence-electron chi connectivity index (χ2n) is 7.10. The fraction of sp³-hybridized carbons (Fsp3) is 0.130.